The van der Waals surface area contributed by atoms with Crippen LogP contribution in [0.5, 0.6) is 0 Å². The van der Waals surface area contributed by atoms with Crippen LogP contribution in [0.4, 0.5) is 0 Å². The number of fused-ring (bicyclic) bond motifs is 1. The zero-order valence-electron chi connectivity index (χ0n) is 13.1. The molecule has 0 bridgehead atoms. The standard InChI is InChI=1S/C16H21N3O2S/c1-10-6-11(8-16(2,3)7-10)18-13(20)12-9-17-15-19(14(12)21)4-5-22-15/h4-5,9-11H,6-8H2,1-3H3,(H,18,20). The van der Waals surface area contributed by atoms with Crippen molar-refractivity contribution in [2.45, 2.75) is 46.1 Å². The van der Waals surface area contributed by atoms with Crippen LogP contribution in [0.15, 0.2) is 22.6 Å². The maximum Gasteiger partial charge on any atom is 0.271 e. The summed E-state index contributed by atoms with van der Waals surface area (Å²) in [6.07, 6.45) is 6.12. The Morgan fingerprint density at radius 2 is 2.23 bits per heavy atom. The van der Waals surface area contributed by atoms with Crippen LogP contribution in [0.2, 0.25) is 0 Å². The van der Waals surface area contributed by atoms with Crippen molar-refractivity contribution in [1.29, 1.82) is 0 Å². The van der Waals surface area contributed by atoms with E-state index in [0.29, 0.717) is 10.9 Å². The Morgan fingerprint density at radius 1 is 1.45 bits per heavy atom. The van der Waals surface area contributed by atoms with Gasteiger partial charge in [-0.05, 0) is 30.6 Å². The van der Waals surface area contributed by atoms with Gasteiger partial charge in [0.15, 0.2) is 4.96 Å². The minimum atomic E-state index is -0.312. The van der Waals surface area contributed by atoms with Gasteiger partial charge in [0.25, 0.3) is 11.5 Å². The van der Waals surface area contributed by atoms with E-state index in [1.54, 1.807) is 11.6 Å². The molecule has 1 aliphatic rings. The molecule has 1 aliphatic carbocycles. The topological polar surface area (TPSA) is 63.5 Å². The van der Waals surface area contributed by atoms with E-state index in [2.05, 4.69) is 31.1 Å². The van der Waals surface area contributed by atoms with E-state index in [1.807, 2.05) is 0 Å². The number of hydrogen-bond donors (Lipinski definition) is 1. The Bertz CT molecular complexity index is 762. The zero-order chi connectivity index (χ0) is 15.9. The van der Waals surface area contributed by atoms with Gasteiger partial charge in [-0.15, -0.1) is 11.3 Å². The molecule has 0 aliphatic heterocycles. The lowest BCUT2D eigenvalue weighted by Gasteiger charge is -2.39. The predicted octanol–water partition coefficient (Wildman–Crippen LogP) is 2.70. The summed E-state index contributed by atoms with van der Waals surface area (Å²) in [6.45, 7) is 6.68. The van der Waals surface area contributed by atoms with Crippen molar-refractivity contribution in [3.8, 4) is 0 Å². The van der Waals surface area contributed by atoms with Crippen LogP contribution in [0, 0.1) is 11.3 Å². The average Bonchev–Trinajstić information content (AvgIpc) is 2.85. The second kappa shape index (κ2) is 5.50. The molecule has 2 unspecified atom stereocenters. The lowest BCUT2D eigenvalue weighted by atomic mass is 9.70. The van der Waals surface area contributed by atoms with Crippen LogP contribution in [-0.2, 0) is 0 Å². The Morgan fingerprint density at radius 3 is 2.95 bits per heavy atom. The van der Waals surface area contributed by atoms with Crippen LogP contribution >= 0.6 is 11.3 Å². The van der Waals surface area contributed by atoms with Gasteiger partial charge in [-0.25, -0.2) is 4.98 Å². The number of nitrogens with one attached hydrogen (secondary N) is 1. The van der Waals surface area contributed by atoms with Gasteiger partial charge >= 0.3 is 0 Å². The maximum atomic E-state index is 12.5. The van der Waals surface area contributed by atoms with Gasteiger partial charge in [0.1, 0.15) is 5.56 Å². The number of carbonyl (C=O) groups excluding carboxylic acids is 1. The highest BCUT2D eigenvalue weighted by molar-refractivity contribution is 7.15. The molecule has 2 heterocycles. The van der Waals surface area contributed by atoms with E-state index >= 15 is 0 Å². The van der Waals surface area contributed by atoms with Gasteiger partial charge in [0.2, 0.25) is 0 Å². The van der Waals surface area contributed by atoms with E-state index in [-0.39, 0.29) is 28.5 Å². The number of carbonyl (C=O) groups is 1. The second-order valence-electron chi connectivity index (χ2n) is 7.12. The molecule has 0 aromatic carbocycles. The minimum absolute atomic E-state index is 0.118. The summed E-state index contributed by atoms with van der Waals surface area (Å²) in [5, 5.41) is 4.82. The number of amides is 1. The molecule has 3 rings (SSSR count). The average molecular weight is 319 g/mol. The summed E-state index contributed by atoms with van der Waals surface area (Å²) in [6, 6.07) is 0.119. The number of thiazole rings is 1. The summed E-state index contributed by atoms with van der Waals surface area (Å²) in [5.41, 5.74) is 0.0408. The molecule has 1 fully saturated rings. The second-order valence-corrected chi connectivity index (χ2v) is 7.99. The fourth-order valence-electron chi connectivity index (χ4n) is 3.70. The van der Waals surface area contributed by atoms with E-state index in [0.717, 1.165) is 12.8 Å². The third kappa shape index (κ3) is 2.92. The number of nitrogens with zero attached hydrogens (tertiary/aromatic N) is 2. The SMILES string of the molecule is CC1CC(NC(=O)c2cnc3sccn3c2=O)CC(C)(C)C1. The normalized spacial score (nSPS) is 24.3. The Labute approximate surface area is 133 Å². The molecule has 0 saturated heterocycles. The quantitative estimate of drug-likeness (QED) is 0.925. The number of aromatic nitrogens is 2. The zero-order valence-corrected chi connectivity index (χ0v) is 13.9. The van der Waals surface area contributed by atoms with E-state index in [9.17, 15) is 9.59 Å². The molecule has 22 heavy (non-hydrogen) atoms. The van der Waals surface area contributed by atoms with Crippen LogP contribution in [0.3, 0.4) is 0 Å². The van der Waals surface area contributed by atoms with Crippen molar-refractivity contribution in [2.24, 2.45) is 11.3 Å². The third-order valence-electron chi connectivity index (χ3n) is 4.31. The van der Waals surface area contributed by atoms with E-state index < -0.39 is 0 Å². The summed E-state index contributed by atoms with van der Waals surface area (Å²) < 4.78 is 1.42. The Balaban J connectivity index is 1.81. The fraction of sp³-hybridized carbons (Fsp3) is 0.562. The first-order chi connectivity index (χ1) is 10.4. The third-order valence-corrected chi connectivity index (χ3v) is 5.08. The van der Waals surface area contributed by atoms with Gasteiger partial charge in [-0.2, -0.15) is 0 Å². The Kier molecular flexibility index (Phi) is 3.80. The first kappa shape index (κ1) is 15.2. The smallest absolute Gasteiger partial charge is 0.271 e. The van der Waals surface area contributed by atoms with E-state index in [4.69, 9.17) is 0 Å². The van der Waals surface area contributed by atoms with Crippen LogP contribution in [0.1, 0.15) is 50.4 Å². The monoisotopic (exact) mass is 319 g/mol. The van der Waals surface area contributed by atoms with Gasteiger partial charge in [-0.3, -0.25) is 14.0 Å². The summed E-state index contributed by atoms with van der Waals surface area (Å²) >= 11 is 1.38. The largest absolute Gasteiger partial charge is 0.349 e. The van der Waals surface area contributed by atoms with Gasteiger partial charge in [0, 0.05) is 23.8 Å². The molecule has 0 spiro atoms. The number of hydrogen-bond acceptors (Lipinski definition) is 4. The van der Waals surface area contributed by atoms with Crippen molar-refractivity contribution in [1.82, 2.24) is 14.7 Å². The first-order valence-corrected chi connectivity index (χ1v) is 8.49. The molecule has 1 amide bonds. The fourth-order valence-corrected chi connectivity index (χ4v) is 4.37. The molecular weight excluding hydrogens is 298 g/mol. The maximum absolute atomic E-state index is 12.5. The summed E-state index contributed by atoms with van der Waals surface area (Å²) in [7, 11) is 0. The van der Waals surface area contributed by atoms with E-state index in [1.165, 1.54) is 28.4 Å². The molecule has 1 N–H and O–H groups in total. The van der Waals surface area contributed by atoms with Gasteiger partial charge in [0.05, 0.1) is 0 Å². The van der Waals surface area contributed by atoms with Crippen molar-refractivity contribution >= 4 is 22.2 Å². The van der Waals surface area contributed by atoms with Gasteiger partial charge in [-0.1, -0.05) is 20.8 Å². The summed E-state index contributed by atoms with van der Waals surface area (Å²) in [4.78, 5) is 29.6. The molecule has 5 nitrogen and oxygen atoms in total. The Hall–Kier alpha value is -1.69. The number of rotatable bonds is 2. The lowest BCUT2D eigenvalue weighted by molar-refractivity contribution is 0.0872. The van der Waals surface area contributed by atoms with Crippen LogP contribution < -0.4 is 10.9 Å². The lowest BCUT2D eigenvalue weighted by Crippen LogP contribution is -2.44. The highest BCUT2D eigenvalue weighted by Gasteiger charge is 2.33. The summed E-state index contributed by atoms with van der Waals surface area (Å²) in [5.74, 6) is 0.264. The van der Waals surface area contributed by atoms with Crippen molar-refractivity contribution in [3.63, 3.8) is 0 Å². The van der Waals surface area contributed by atoms with Crippen LogP contribution in [-0.4, -0.2) is 21.3 Å². The van der Waals surface area contributed by atoms with Crippen molar-refractivity contribution < 1.29 is 4.79 Å². The van der Waals surface area contributed by atoms with Gasteiger partial charge < -0.3 is 5.32 Å². The van der Waals surface area contributed by atoms with Crippen molar-refractivity contribution in [3.05, 3.63) is 33.7 Å². The molecule has 2 aromatic rings. The highest BCUT2D eigenvalue weighted by atomic mass is 32.1. The molecule has 1 saturated carbocycles. The first-order valence-electron chi connectivity index (χ1n) is 7.61. The molecule has 6 heteroatoms. The molecular formula is C16H21N3O2S. The highest BCUT2D eigenvalue weighted by Crippen LogP contribution is 2.38. The van der Waals surface area contributed by atoms with Crippen LogP contribution in [0.25, 0.3) is 4.96 Å². The molecule has 0 radical (unpaired) electrons. The molecule has 118 valence electrons. The molecule has 2 atom stereocenters. The van der Waals surface area contributed by atoms with Crippen molar-refractivity contribution in [2.75, 3.05) is 0 Å². The predicted molar refractivity (Wildman–Crippen MR) is 87.4 cm³/mol. The minimum Gasteiger partial charge on any atom is -0.349 e. The molecule has 2 aromatic heterocycles.